The highest BCUT2D eigenvalue weighted by Gasteiger charge is 2.33. The van der Waals surface area contributed by atoms with Crippen molar-refractivity contribution in [2.45, 2.75) is 55.5 Å². The average molecular weight is 300 g/mol. The second-order valence-corrected chi connectivity index (χ2v) is 8.07. The minimum atomic E-state index is 0.182. The van der Waals surface area contributed by atoms with Crippen molar-refractivity contribution in [3.05, 3.63) is 18.0 Å². The Balaban J connectivity index is 2.13. The maximum Gasteiger partial charge on any atom is 0.0755 e. The molecule has 4 nitrogen and oxygen atoms in total. The van der Waals surface area contributed by atoms with E-state index in [9.17, 15) is 0 Å². The predicted octanol–water partition coefficient (Wildman–Crippen LogP) is 2.42. The summed E-state index contributed by atoms with van der Waals surface area (Å²) >= 11 is 4.10. The molecule has 0 bridgehead atoms. The Bertz CT molecular complexity index is 396. The second-order valence-electron chi connectivity index (χ2n) is 5.04. The minimum Gasteiger partial charge on any atom is -0.271 e. The standard InChI is InChI=1S/C13H24N4S2/c1-4-7-17-11(5-6-15-17)13(16-14)12-8-18-9(2)10(3)19-12/h5-6,9-10,12-13,16H,4,7-8,14H2,1-3H3. The van der Waals surface area contributed by atoms with Gasteiger partial charge in [0.2, 0.25) is 0 Å². The molecule has 2 rings (SSSR count). The van der Waals surface area contributed by atoms with Crippen LogP contribution < -0.4 is 11.3 Å². The van der Waals surface area contributed by atoms with E-state index in [1.165, 1.54) is 5.69 Å². The summed E-state index contributed by atoms with van der Waals surface area (Å²) in [7, 11) is 0. The van der Waals surface area contributed by atoms with Gasteiger partial charge < -0.3 is 0 Å². The Morgan fingerprint density at radius 3 is 2.95 bits per heavy atom. The number of nitrogens with two attached hydrogens (primary N) is 1. The molecule has 1 saturated heterocycles. The fourth-order valence-corrected chi connectivity index (χ4v) is 5.45. The van der Waals surface area contributed by atoms with E-state index >= 15 is 0 Å². The summed E-state index contributed by atoms with van der Waals surface area (Å²) in [5.74, 6) is 6.97. The van der Waals surface area contributed by atoms with Crippen molar-refractivity contribution in [2.75, 3.05) is 5.75 Å². The lowest BCUT2D eigenvalue weighted by Crippen LogP contribution is -2.41. The van der Waals surface area contributed by atoms with E-state index in [-0.39, 0.29) is 6.04 Å². The number of hydrogen-bond acceptors (Lipinski definition) is 5. The summed E-state index contributed by atoms with van der Waals surface area (Å²) in [6.07, 6.45) is 2.97. The molecule has 0 saturated carbocycles. The first-order valence-electron chi connectivity index (χ1n) is 6.92. The van der Waals surface area contributed by atoms with Crippen LogP contribution in [0.2, 0.25) is 0 Å². The van der Waals surface area contributed by atoms with Gasteiger partial charge in [0.1, 0.15) is 0 Å². The van der Waals surface area contributed by atoms with Crippen molar-refractivity contribution in [2.24, 2.45) is 5.84 Å². The van der Waals surface area contributed by atoms with Crippen LogP contribution in [0.3, 0.4) is 0 Å². The Morgan fingerprint density at radius 2 is 2.32 bits per heavy atom. The quantitative estimate of drug-likeness (QED) is 0.646. The molecule has 0 spiro atoms. The minimum absolute atomic E-state index is 0.182. The first kappa shape index (κ1) is 15.2. The van der Waals surface area contributed by atoms with E-state index in [0.717, 1.165) is 24.0 Å². The molecule has 1 aliphatic heterocycles. The number of hydrazine groups is 1. The molecule has 0 radical (unpaired) electrons. The second kappa shape index (κ2) is 7.02. The Kier molecular flexibility index (Phi) is 5.62. The zero-order chi connectivity index (χ0) is 13.8. The molecule has 1 aliphatic rings. The number of rotatable bonds is 5. The first-order valence-corrected chi connectivity index (χ1v) is 8.91. The zero-order valence-corrected chi connectivity index (χ0v) is 13.5. The molecule has 4 unspecified atom stereocenters. The fraction of sp³-hybridized carbons (Fsp3) is 0.769. The molecule has 0 amide bonds. The highest BCUT2D eigenvalue weighted by atomic mass is 32.2. The third kappa shape index (κ3) is 3.48. The van der Waals surface area contributed by atoms with Crippen LogP contribution in [0, 0.1) is 0 Å². The SMILES string of the molecule is CCCn1nccc1C(NN)C1CSC(C)C(C)S1. The van der Waals surface area contributed by atoms with E-state index < -0.39 is 0 Å². The van der Waals surface area contributed by atoms with Gasteiger partial charge in [0, 0.05) is 34.2 Å². The maximum absolute atomic E-state index is 5.83. The summed E-state index contributed by atoms with van der Waals surface area (Å²) in [6.45, 7) is 7.75. The Morgan fingerprint density at radius 1 is 1.53 bits per heavy atom. The van der Waals surface area contributed by atoms with Crippen LogP contribution in [0.1, 0.15) is 38.9 Å². The molecule has 108 valence electrons. The van der Waals surface area contributed by atoms with Crippen LogP contribution in [0.4, 0.5) is 0 Å². The highest BCUT2D eigenvalue weighted by molar-refractivity contribution is 8.07. The number of nitrogens with one attached hydrogen (secondary N) is 1. The fourth-order valence-electron chi connectivity index (χ4n) is 2.37. The number of aromatic nitrogens is 2. The smallest absolute Gasteiger partial charge is 0.0755 e. The molecule has 4 atom stereocenters. The molecule has 1 aromatic rings. The number of nitrogens with zero attached hydrogens (tertiary/aromatic N) is 2. The van der Waals surface area contributed by atoms with E-state index in [1.54, 1.807) is 0 Å². The molecule has 19 heavy (non-hydrogen) atoms. The lowest BCUT2D eigenvalue weighted by molar-refractivity contribution is 0.478. The lowest BCUT2D eigenvalue weighted by Gasteiger charge is -2.35. The molecule has 1 fully saturated rings. The van der Waals surface area contributed by atoms with Gasteiger partial charge in [0.25, 0.3) is 0 Å². The Hall–Kier alpha value is -0.170. The first-order chi connectivity index (χ1) is 9.17. The predicted molar refractivity (Wildman–Crippen MR) is 85.3 cm³/mol. The van der Waals surface area contributed by atoms with Crippen molar-refractivity contribution < 1.29 is 0 Å². The third-order valence-corrected chi connectivity index (χ3v) is 7.12. The number of hydrogen-bond donors (Lipinski definition) is 2. The molecule has 0 aliphatic carbocycles. The highest BCUT2D eigenvalue weighted by Crippen LogP contribution is 2.40. The van der Waals surface area contributed by atoms with Gasteiger partial charge in [-0.05, 0) is 12.5 Å². The van der Waals surface area contributed by atoms with E-state index in [1.807, 2.05) is 29.7 Å². The van der Waals surface area contributed by atoms with Gasteiger partial charge in [0.05, 0.1) is 11.7 Å². The van der Waals surface area contributed by atoms with Crippen LogP contribution in [0.5, 0.6) is 0 Å². The zero-order valence-electron chi connectivity index (χ0n) is 11.9. The third-order valence-electron chi connectivity index (χ3n) is 3.63. The van der Waals surface area contributed by atoms with Gasteiger partial charge in [-0.3, -0.25) is 16.0 Å². The van der Waals surface area contributed by atoms with Gasteiger partial charge in [-0.2, -0.15) is 28.6 Å². The lowest BCUT2D eigenvalue weighted by atomic mass is 10.1. The normalized spacial score (nSPS) is 29.4. The Labute approximate surface area is 124 Å². The summed E-state index contributed by atoms with van der Waals surface area (Å²) in [6, 6.07) is 2.27. The molecule has 1 aromatic heterocycles. The van der Waals surface area contributed by atoms with Crippen LogP contribution in [0.15, 0.2) is 12.3 Å². The molecule has 6 heteroatoms. The van der Waals surface area contributed by atoms with Crippen LogP contribution in [-0.4, -0.2) is 31.3 Å². The van der Waals surface area contributed by atoms with Crippen molar-refractivity contribution in [1.29, 1.82) is 0 Å². The van der Waals surface area contributed by atoms with Crippen molar-refractivity contribution in [1.82, 2.24) is 15.2 Å². The van der Waals surface area contributed by atoms with Gasteiger partial charge in [-0.15, -0.1) is 0 Å². The summed E-state index contributed by atoms with van der Waals surface area (Å²) in [5, 5.41) is 6.31. The molecule has 3 N–H and O–H groups in total. The van der Waals surface area contributed by atoms with Crippen molar-refractivity contribution in [3.63, 3.8) is 0 Å². The van der Waals surface area contributed by atoms with Crippen LogP contribution in [0.25, 0.3) is 0 Å². The largest absolute Gasteiger partial charge is 0.271 e. The topological polar surface area (TPSA) is 55.9 Å². The number of thioether (sulfide) groups is 2. The van der Waals surface area contributed by atoms with Crippen LogP contribution >= 0.6 is 23.5 Å². The molecule has 2 heterocycles. The summed E-state index contributed by atoms with van der Waals surface area (Å²) in [4.78, 5) is 0. The maximum atomic E-state index is 5.83. The van der Waals surface area contributed by atoms with Gasteiger partial charge in [0.15, 0.2) is 0 Å². The van der Waals surface area contributed by atoms with Gasteiger partial charge in [-0.25, -0.2) is 0 Å². The van der Waals surface area contributed by atoms with Gasteiger partial charge in [-0.1, -0.05) is 20.8 Å². The molecule has 0 aromatic carbocycles. The van der Waals surface area contributed by atoms with Crippen molar-refractivity contribution in [3.8, 4) is 0 Å². The molecular weight excluding hydrogens is 276 g/mol. The van der Waals surface area contributed by atoms with E-state index in [2.05, 4.69) is 42.0 Å². The summed E-state index contributed by atoms with van der Waals surface area (Å²) in [5.41, 5.74) is 4.23. The van der Waals surface area contributed by atoms with Crippen LogP contribution in [-0.2, 0) is 6.54 Å². The monoisotopic (exact) mass is 300 g/mol. The van der Waals surface area contributed by atoms with Crippen molar-refractivity contribution >= 4 is 23.5 Å². The van der Waals surface area contributed by atoms with Gasteiger partial charge >= 0.3 is 0 Å². The molecular formula is C13H24N4S2. The van der Waals surface area contributed by atoms with E-state index in [4.69, 9.17) is 5.84 Å². The van der Waals surface area contributed by atoms with E-state index in [0.29, 0.717) is 10.5 Å². The summed E-state index contributed by atoms with van der Waals surface area (Å²) < 4.78 is 2.08. The average Bonchev–Trinajstić information content (AvgIpc) is 2.83. The number of aryl methyl sites for hydroxylation is 1.